The Labute approximate surface area is 144 Å². The Morgan fingerprint density at radius 3 is 2.67 bits per heavy atom. The van der Waals surface area contributed by atoms with Crippen LogP contribution in [0.2, 0.25) is 0 Å². The fourth-order valence-electron chi connectivity index (χ4n) is 3.62. The molecule has 24 heavy (non-hydrogen) atoms. The maximum atomic E-state index is 9.79. The van der Waals surface area contributed by atoms with Crippen molar-refractivity contribution in [1.82, 2.24) is 4.90 Å². The van der Waals surface area contributed by atoms with Crippen LogP contribution in [0, 0.1) is 5.92 Å². The number of benzene rings is 2. The van der Waals surface area contributed by atoms with E-state index in [1.54, 1.807) is 6.07 Å². The number of hydrogen-bond donors (Lipinski definition) is 1. The quantitative estimate of drug-likeness (QED) is 0.899. The highest BCUT2D eigenvalue weighted by molar-refractivity contribution is 5.33. The number of piperidine rings is 1. The monoisotopic (exact) mass is 325 g/mol. The average molecular weight is 325 g/mol. The van der Waals surface area contributed by atoms with Gasteiger partial charge in [0.15, 0.2) is 0 Å². The van der Waals surface area contributed by atoms with Crippen molar-refractivity contribution in [2.24, 2.45) is 5.92 Å². The predicted octanol–water partition coefficient (Wildman–Crippen LogP) is 4.07. The van der Waals surface area contributed by atoms with Gasteiger partial charge in [-0.3, -0.25) is 4.90 Å². The van der Waals surface area contributed by atoms with Gasteiger partial charge in [-0.1, -0.05) is 44.2 Å². The highest BCUT2D eigenvalue weighted by atomic mass is 16.5. The number of hydrogen-bond acceptors (Lipinski definition) is 3. The number of nitrogens with zero attached hydrogens (tertiary/aromatic N) is 1. The van der Waals surface area contributed by atoms with Crippen molar-refractivity contribution < 1.29 is 9.84 Å². The Morgan fingerprint density at radius 1 is 1.17 bits per heavy atom. The van der Waals surface area contributed by atoms with E-state index in [1.807, 2.05) is 42.5 Å². The molecule has 3 nitrogen and oxygen atoms in total. The number of likely N-dealkylation sites (tertiary alicyclic amines) is 1. The number of phenolic OH excluding ortho intramolecular Hbond substituents is 1. The lowest BCUT2D eigenvalue weighted by Crippen LogP contribution is -2.48. The zero-order chi connectivity index (χ0) is 17.0. The normalized spacial score (nSPS) is 24.7. The molecule has 1 heterocycles. The van der Waals surface area contributed by atoms with Gasteiger partial charge in [0.2, 0.25) is 0 Å². The van der Waals surface area contributed by atoms with Crippen LogP contribution in [0.3, 0.4) is 0 Å². The summed E-state index contributed by atoms with van der Waals surface area (Å²) in [7, 11) is 0. The highest BCUT2D eigenvalue weighted by Gasteiger charge is 2.37. The average Bonchev–Trinajstić information content (AvgIpc) is 2.59. The smallest absolute Gasteiger partial charge is 0.119 e. The van der Waals surface area contributed by atoms with Crippen molar-refractivity contribution in [2.75, 3.05) is 26.2 Å². The molecule has 0 radical (unpaired) electrons. The number of phenols is 1. The first-order chi connectivity index (χ1) is 11.6. The molecule has 1 N–H and O–H groups in total. The van der Waals surface area contributed by atoms with Gasteiger partial charge in [0.1, 0.15) is 18.1 Å². The van der Waals surface area contributed by atoms with Crippen molar-refractivity contribution >= 4 is 0 Å². The van der Waals surface area contributed by atoms with Crippen LogP contribution in [0.15, 0.2) is 54.6 Å². The number of rotatable bonds is 5. The van der Waals surface area contributed by atoms with Gasteiger partial charge < -0.3 is 9.84 Å². The molecule has 1 fully saturated rings. The summed E-state index contributed by atoms with van der Waals surface area (Å²) in [6.45, 7) is 8.44. The first-order valence-corrected chi connectivity index (χ1v) is 8.77. The maximum Gasteiger partial charge on any atom is 0.119 e. The lowest BCUT2D eigenvalue weighted by atomic mass is 9.68. The molecule has 3 heteroatoms. The topological polar surface area (TPSA) is 32.7 Å². The van der Waals surface area contributed by atoms with E-state index in [0.717, 1.165) is 38.4 Å². The van der Waals surface area contributed by atoms with E-state index in [4.69, 9.17) is 4.74 Å². The van der Waals surface area contributed by atoms with Gasteiger partial charge in [-0.2, -0.15) is 0 Å². The van der Waals surface area contributed by atoms with Crippen LogP contribution in [-0.4, -0.2) is 36.2 Å². The lowest BCUT2D eigenvalue weighted by molar-refractivity contribution is 0.0969. The molecule has 1 aliphatic heterocycles. The van der Waals surface area contributed by atoms with Crippen LogP contribution in [0.5, 0.6) is 11.5 Å². The molecule has 1 saturated heterocycles. The zero-order valence-electron chi connectivity index (χ0n) is 14.6. The minimum Gasteiger partial charge on any atom is -0.508 e. The summed E-state index contributed by atoms with van der Waals surface area (Å²) in [5.41, 5.74) is 1.37. The largest absolute Gasteiger partial charge is 0.508 e. The standard InChI is InChI=1S/C21H27NO2/c1-17-16-22(13-14-24-20-9-4-3-5-10-20)12-11-21(17,2)18-7-6-8-19(23)15-18/h3-10,15,17,23H,11-14,16H2,1-2H3. The molecule has 0 bridgehead atoms. The number of aromatic hydroxyl groups is 1. The van der Waals surface area contributed by atoms with Gasteiger partial charge in [-0.25, -0.2) is 0 Å². The zero-order valence-corrected chi connectivity index (χ0v) is 14.6. The molecule has 2 aromatic rings. The summed E-state index contributed by atoms with van der Waals surface area (Å²) in [5, 5.41) is 9.79. The molecule has 1 aliphatic rings. The van der Waals surface area contributed by atoms with Crippen LogP contribution in [0.25, 0.3) is 0 Å². The van der Waals surface area contributed by atoms with Crippen molar-refractivity contribution in [3.63, 3.8) is 0 Å². The molecule has 2 atom stereocenters. The van der Waals surface area contributed by atoms with Gasteiger partial charge in [-0.05, 0) is 54.1 Å². The minimum absolute atomic E-state index is 0.121. The minimum atomic E-state index is 0.121. The Hall–Kier alpha value is -2.00. The first-order valence-electron chi connectivity index (χ1n) is 8.77. The Bertz CT molecular complexity index is 658. The Morgan fingerprint density at radius 2 is 1.96 bits per heavy atom. The third-order valence-corrected chi connectivity index (χ3v) is 5.49. The van der Waals surface area contributed by atoms with E-state index in [9.17, 15) is 5.11 Å². The first kappa shape index (κ1) is 16.8. The Kier molecular flexibility index (Phi) is 5.10. The van der Waals surface area contributed by atoms with E-state index in [1.165, 1.54) is 5.56 Å². The van der Waals surface area contributed by atoms with Crippen molar-refractivity contribution in [3.05, 3.63) is 60.2 Å². The van der Waals surface area contributed by atoms with Crippen molar-refractivity contribution in [1.29, 1.82) is 0 Å². The summed E-state index contributed by atoms with van der Waals surface area (Å²) >= 11 is 0. The van der Waals surface area contributed by atoms with Crippen molar-refractivity contribution in [2.45, 2.75) is 25.7 Å². The van der Waals surface area contributed by atoms with E-state index >= 15 is 0 Å². The van der Waals surface area contributed by atoms with Crippen LogP contribution < -0.4 is 4.74 Å². The fourth-order valence-corrected chi connectivity index (χ4v) is 3.62. The van der Waals surface area contributed by atoms with E-state index < -0.39 is 0 Å². The summed E-state index contributed by atoms with van der Waals surface area (Å²) in [5.74, 6) is 1.83. The molecule has 2 aromatic carbocycles. The molecule has 0 spiro atoms. The summed E-state index contributed by atoms with van der Waals surface area (Å²) in [6.07, 6.45) is 1.10. The SMILES string of the molecule is CC1CN(CCOc2ccccc2)CCC1(C)c1cccc(O)c1. The van der Waals surface area contributed by atoms with Crippen LogP contribution in [0.4, 0.5) is 0 Å². The number of ether oxygens (including phenoxy) is 1. The lowest BCUT2D eigenvalue weighted by Gasteiger charge is -2.45. The molecular formula is C21H27NO2. The van der Waals surface area contributed by atoms with E-state index in [0.29, 0.717) is 11.7 Å². The van der Waals surface area contributed by atoms with Gasteiger partial charge in [0.05, 0.1) is 0 Å². The van der Waals surface area contributed by atoms with Gasteiger partial charge in [0.25, 0.3) is 0 Å². The Balaban J connectivity index is 1.55. The van der Waals surface area contributed by atoms with Gasteiger partial charge in [-0.15, -0.1) is 0 Å². The second kappa shape index (κ2) is 7.27. The van der Waals surface area contributed by atoms with Gasteiger partial charge >= 0.3 is 0 Å². The summed E-state index contributed by atoms with van der Waals surface area (Å²) in [6, 6.07) is 17.8. The summed E-state index contributed by atoms with van der Waals surface area (Å²) in [4.78, 5) is 2.48. The van der Waals surface area contributed by atoms with Crippen LogP contribution in [0.1, 0.15) is 25.8 Å². The van der Waals surface area contributed by atoms with E-state index in [2.05, 4.69) is 24.8 Å². The fraction of sp³-hybridized carbons (Fsp3) is 0.429. The van der Waals surface area contributed by atoms with Crippen molar-refractivity contribution in [3.8, 4) is 11.5 Å². The van der Waals surface area contributed by atoms with Crippen LogP contribution >= 0.6 is 0 Å². The number of para-hydroxylation sites is 1. The second-order valence-corrected chi connectivity index (χ2v) is 7.08. The van der Waals surface area contributed by atoms with Gasteiger partial charge in [0, 0.05) is 13.1 Å². The molecule has 2 unspecified atom stereocenters. The molecule has 128 valence electrons. The second-order valence-electron chi connectivity index (χ2n) is 7.08. The summed E-state index contributed by atoms with van der Waals surface area (Å²) < 4.78 is 5.82. The molecular weight excluding hydrogens is 298 g/mol. The third kappa shape index (κ3) is 3.73. The maximum absolute atomic E-state index is 9.79. The molecule has 0 aliphatic carbocycles. The highest BCUT2D eigenvalue weighted by Crippen LogP contribution is 2.40. The third-order valence-electron chi connectivity index (χ3n) is 5.49. The van der Waals surface area contributed by atoms with E-state index in [-0.39, 0.29) is 5.41 Å². The molecule has 0 saturated carbocycles. The predicted molar refractivity (Wildman–Crippen MR) is 97.6 cm³/mol. The molecule has 3 rings (SSSR count). The molecule has 0 amide bonds. The van der Waals surface area contributed by atoms with Crippen LogP contribution in [-0.2, 0) is 5.41 Å². The molecule has 0 aromatic heterocycles.